The lowest BCUT2D eigenvalue weighted by atomic mass is 10.0. The van der Waals surface area contributed by atoms with Crippen LogP contribution in [0, 0.1) is 5.82 Å². The Morgan fingerprint density at radius 3 is 2.58 bits per heavy atom. The molecule has 0 bridgehead atoms. The van der Waals surface area contributed by atoms with Crippen LogP contribution in [0.15, 0.2) is 17.1 Å². The zero-order chi connectivity index (χ0) is 14.5. The molecule has 0 saturated carbocycles. The number of aliphatic imine (C=N–C) groups is 1. The van der Waals surface area contributed by atoms with E-state index in [9.17, 15) is 22.4 Å². The Morgan fingerprint density at radius 1 is 1.37 bits per heavy atom. The van der Waals surface area contributed by atoms with Gasteiger partial charge in [-0.05, 0) is 30.5 Å². The maximum absolute atomic E-state index is 13.4. The van der Waals surface area contributed by atoms with Gasteiger partial charge in [0, 0.05) is 13.7 Å². The minimum Gasteiger partial charge on any atom is -0.385 e. The summed E-state index contributed by atoms with van der Waals surface area (Å²) in [4.78, 5) is 13.4. The van der Waals surface area contributed by atoms with Crippen LogP contribution in [0.25, 0.3) is 0 Å². The van der Waals surface area contributed by atoms with Crippen LogP contribution in [0.5, 0.6) is 0 Å². The van der Waals surface area contributed by atoms with Crippen molar-refractivity contribution in [3.63, 3.8) is 0 Å². The van der Waals surface area contributed by atoms with E-state index in [1.807, 2.05) is 0 Å². The molecular formula is C12H11F4NO2. The van der Waals surface area contributed by atoms with E-state index in [4.69, 9.17) is 4.74 Å². The summed E-state index contributed by atoms with van der Waals surface area (Å²) in [6.45, 7) is 0.368. The monoisotopic (exact) mass is 277 g/mol. The van der Waals surface area contributed by atoms with Gasteiger partial charge >= 0.3 is 6.18 Å². The summed E-state index contributed by atoms with van der Waals surface area (Å²) >= 11 is 0. The van der Waals surface area contributed by atoms with Gasteiger partial charge in [-0.25, -0.2) is 9.18 Å². The molecule has 0 heterocycles. The Kier molecular flexibility index (Phi) is 5.20. The lowest BCUT2D eigenvalue weighted by Gasteiger charge is -2.11. The lowest BCUT2D eigenvalue weighted by Crippen LogP contribution is -2.09. The molecule has 19 heavy (non-hydrogen) atoms. The van der Waals surface area contributed by atoms with E-state index in [2.05, 4.69) is 4.99 Å². The molecule has 7 heteroatoms. The summed E-state index contributed by atoms with van der Waals surface area (Å²) in [6, 6.07) is 1.26. The van der Waals surface area contributed by atoms with Crippen molar-refractivity contribution in [1.82, 2.24) is 0 Å². The van der Waals surface area contributed by atoms with Gasteiger partial charge in [0.25, 0.3) is 0 Å². The van der Waals surface area contributed by atoms with Crippen LogP contribution in [0.4, 0.5) is 23.2 Å². The number of alkyl halides is 3. The third-order valence-corrected chi connectivity index (χ3v) is 2.43. The maximum atomic E-state index is 13.4. The molecule has 1 aromatic rings. The quantitative estimate of drug-likeness (QED) is 0.358. The topological polar surface area (TPSA) is 38.7 Å². The highest BCUT2D eigenvalue weighted by Gasteiger charge is 2.34. The van der Waals surface area contributed by atoms with E-state index in [0.717, 1.165) is 6.07 Å². The van der Waals surface area contributed by atoms with Gasteiger partial charge in [-0.15, -0.1) is 0 Å². The highest BCUT2D eigenvalue weighted by atomic mass is 19.4. The van der Waals surface area contributed by atoms with E-state index in [-0.39, 0.29) is 17.7 Å². The molecule has 1 rings (SSSR count). The largest absolute Gasteiger partial charge is 0.419 e. The summed E-state index contributed by atoms with van der Waals surface area (Å²) in [5.41, 5.74) is -1.46. The summed E-state index contributed by atoms with van der Waals surface area (Å²) in [5.74, 6) is -1.38. The zero-order valence-corrected chi connectivity index (χ0v) is 10.1. The molecule has 0 N–H and O–H groups in total. The van der Waals surface area contributed by atoms with Crippen molar-refractivity contribution < 1.29 is 27.1 Å². The van der Waals surface area contributed by atoms with E-state index in [1.54, 1.807) is 0 Å². The predicted molar refractivity (Wildman–Crippen MR) is 59.4 cm³/mol. The maximum Gasteiger partial charge on any atom is 0.419 e. The number of halogens is 4. The molecule has 0 aromatic heterocycles. The van der Waals surface area contributed by atoms with Gasteiger partial charge in [0.2, 0.25) is 6.08 Å². The summed E-state index contributed by atoms with van der Waals surface area (Å²) in [5, 5.41) is 0. The number of aryl methyl sites for hydroxylation is 1. The molecule has 0 unspecified atom stereocenters. The second-order valence-corrected chi connectivity index (χ2v) is 3.76. The van der Waals surface area contributed by atoms with Gasteiger partial charge < -0.3 is 4.74 Å². The average molecular weight is 277 g/mol. The van der Waals surface area contributed by atoms with Crippen LogP contribution in [-0.4, -0.2) is 19.8 Å². The van der Waals surface area contributed by atoms with Gasteiger partial charge in [0.15, 0.2) is 0 Å². The van der Waals surface area contributed by atoms with E-state index in [0.29, 0.717) is 19.1 Å². The Bertz CT molecular complexity index is 493. The van der Waals surface area contributed by atoms with Crippen molar-refractivity contribution in [2.75, 3.05) is 13.7 Å². The fourth-order valence-electron chi connectivity index (χ4n) is 1.58. The molecule has 0 spiro atoms. The minimum atomic E-state index is -4.83. The first-order valence-electron chi connectivity index (χ1n) is 5.36. The summed E-state index contributed by atoms with van der Waals surface area (Å²) in [7, 11) is 1.47. The fraction of sp³-hybridized carbons (Fsp3) is 0.417. The standard InChI is InChI=1S/C12H11F4NO2/c1-19-4-2-3-8-5-10(13)9(12(14,15)16)6-11(8)17-7-18/h5-6H,2-4H2,1H3. The molecule has 0 aliphatic heterocycles. The number of ether oxygens (including phenoxy) is 1. The van der Waals surface area contributed by atoms with Crippen molar-refractivity contribution in [3.8, 4) is 0 Å². The number of methoxy groups -OCH3 is 1. The first-order valence-corrected chi connectivity index (χ1v) is 5.36. The number of benzene rings is 1. The van der Waals surface area contributed by atoms with Crippen molar-refractivity contribution in [3.05, 3.63) is 29.1 Å². The third-order valence-electron chi connectivity index (χ3n) is 2.43. The van der Waals surface area contributed by atoms with Gasteiger partial charge in [0.1, 0.15) is 5.82 Å². The van der Waals surface area contributed by atoms with Crippen molar-refractivity contribution in [1.29, 1.82) is 0 Å². The number of isocyanates is 1. The highest BCUT2D eigenvalue weighted by molar-refractivity contribution is 5.56. The van der Waals surface area contributed by atoms with Gasteiger partial charge in [0.05, 0.1) is 11.3 Å². The highest BCUT2D eigenvalue weighted by Crippen LogP contribution is 2.35. The number of rotatable bonds is 5. The number of hydrogen-bond donors (Lipinski definition) is 0. The van der Waals surface area contributed by atoms with Crippen LogP contribution in [0.1, 0.15) is 17.5 Å². The lowest BCUT2D eigenvalue weighted by molar-refractivity contribution is -0.139. The predicted octanol–water partition coefficient (Wildman–Crippen LogP) is 3.39. The summed E-state index contributed by atoms with van der Waals surface area (Å²) < 4.78 is 55.7. The van der Waals surface area contributed by atoms with Crippen molar-refractivity contribution in [2.24, 2.45) is 4.99 Å². The molecular weight excluding hydrogens is 266 g/mol. The van der Waals surface area contributed by atoms with Crippen LogP contribution in [0.2, 0.25) is 0 Å². The Balaban J connectivity index is 3.17. The molecule has 3 nitrogen and oxygen atoms in total. The van der Waals surface area contributed by atoms with Crippen LogP contribution >= 0.6 is 0 Å². The Labute approximate surface area is 106 Å². The molecule has 0 aliphatic rings. The van der Waals surface area contributed by atoms with Crippen molar-refractivity contribution >= 4 is 11.8 Å². The Hall–Kier alpha value is -1.72. The molecule has 0 fully saturated rings. The molecule has 104 valence electrons. The van der Waals surface area contributed by atoms with Crippen molar-refractivity contribution in [2.45, 2.75) is 19.0 Å². The molecule has 0 saturated heterocycles. The minimum absolute atomic E-state index is 0.214. The smallest absolute Gasteiger partial charge is 0.385 e. The van der Waals surface area contributed by atoms with Crippen LogP contribution in [-0.2, 0) is 22.1 Å². The van der Waals surface area contributed by atoms with Gasteiger partial charge in [-0.1, -0.05) is 0 Å². The van der Waals surface area contributed by atoms with Gasteiger partial charge in [-0.2, -0.15) is 18.2 Å². The second-order valence-electron chi connectivity index (χ2n) is 3.76. The normalized spacial score (nSPS) is 11.2. The molecule has 0 aliphatic carbocycles. The molecule has 0 radical (unpaired) electrons. The first-order chi connectivity index (χ1) is 8.90. The van der Waals surface area contributed by atoms with E-state index >= 15 is 0 Å². The number of hydrogen-bond acceptors (Lipinski definition) is 3. The summed E-state index contributed by atoms with van der Waals surface area (Å²) in [6.07, 6.45) is -2.94. The second kappa shape index (κ2) is 6.45. The Morgan fingerprint density at radius 2 is 2.05 bits per heavy atom. The third kappa shape index (κ3) is 4.15. The average Bonchev–Trinajstić information content (AvgIpc) is 2.31. The number of nitrogens with zero attached hydrogens (tertiary/aromatic N) is 1. The SMILES string of the molecule is COCCCc1cc(F)c(C(F)(F)F)cc1N=C=O. The first kappa shape index (κ1) is 15.3. The van der Waals surface area contributed by atoms with E-state index in [1.165, 1.54) is 13.2 Å². The number of carbonyl (C=O) groups excluding carboxylic acids is 1. The van der Waals surface area contributed by atoms with Crippen LogP contribution in [0.3, 0.4) is 0 Å². The van der Waals surface area contributed by atoms with Gasteiger partial charge in [-0.3, -0.25) is 0 Å². The van der Waals surface area contributed by atoms with Crippen LogP contribution < -0.4 is 0 Å². The fourth-order valence-corrected chi connectivity index (χ4v) is 1.58. The zero-order valence-electron chi connectivity index (χ0n) is 10.1. The van der Waals surface area contributed by atoms with E-state index < -0.39 is 17.6 Å². The molecule has 0 amide bonds. The molecule has 1 aromatic carbocycles. The molecule has 0 atom stereocenters.